The first-order chi connectivity index (χ1) is 14.1. The average Bonchev–Trinajstić information content (AvgIpc) is 3.53. The van der Waals surface area contributed by atoms with Gasteiger partial charge in [-0.2, -0.15) is 0 Å². The molecule has 1 aliphatic heterocycles. The normalized spacial score (nSPS) is 23.4. The van der Waals surface area contributed by atoms with E-state index in [1.54, 1.807) is 4.90 Å². The van der Waals surface area contributed by atoms with E-state index in [1.165, 1.54) is 0 Å². The van der Waals surface area contributed by atoms with Gasteiger partial charge in [-0.1, -0.05) is 42.5 Å². The maximum atomic E-state index is 12.8. The van der Waals surface area contributed by atoms with Crippen LogP contribution in [-0.2, 0) is 20.9 Å². The maximum Gasteiger partial charge on any atom is 0.306 e. The molecule has 1 aliphatic carbocycles. The Balaban J connectivity index is 1.29. The molecule has 0 bridgehead atoms. The summed E-state index contributed by atoms with van der Waals surface area (Å²) in [4.78, 5) is 25.5. The lowest BCUT2D eigenvalue weighted by atomic mass is 10.1. The fourth-order valence-corrected chi connectivity index (χ4v) is 3.86. The SMILES string of the molecule is O=C(O)C[C@@H]1CN(C(=O)[C@H]2C[C@H]2c2ccc(OCc3ccccc3)cc2)CCO1. The molecule has 29 heavy (non-hydrogen) atoms. The van der Waals surface area contributed by atoms with E-state index in [0.717, 1.165) is 23.3 Å². The zero-order chi connectivity index (χ0) is 20.2. The van der Waals surface area contributed by atoms with Gasteiger partial charge in [-0.05, 0) is 35.6 Å². The van der Waals surface area contributed by atoms with Crippen LogP contribution in [0.5, 0.6) is 5.75 Å². The van der Waals surface area contributed by atoms with Gasteiger partial charge in [0.15, 0.2) is 0 Å². The van der Waals surface area contributed by atoms with Gasteiger partial charge in [0.2, 0.25) is 5.91 Å². The van der Waals surface area contributed by atoms with Gasteiger partial charge in [0.25, 0.3) is 0 Å². The molecule has 2 aliphatic rings. The predicted molar refractivity (Wildman–Crippen MR) is 107 cm³/mol. The highest BCUT2D eigenvalue weighted by molar-refractivity contribution is 5.83. The Kier molecular flexibility index (Phi) is 5.81. The van der Waals surface area contributed by atoms with Gasteiger partial charge in [0.05, 0.1) is 19.1 Å². The van der Waals surface area contributed by atoms with E-state index in [-0.39, 0.29) is 24.2 Å². The molecule has 1 saturated carbocycles. The van der Waals surface area contributed by atoms with Crippen LogP contribution in [0.1, 0.15) is 29.9 Å². The fraction of sp³-hybridized carbons (Fsp3) is 0.391. The minimum atomic E-state index is -0.900. The van der Waals surface area contributed by atoms with Crippen LogP contribution >= 0.6 is 0 Å². The standard InChI is InChI=1S/C23H25NO5/c25-22(26)12-19-14-24(10-11-28-19)23(27)21-13-20(21)17-6-8-18(9-7-17)29-15-16-4-2-1-3-5-16/h1-9,19-21H,10-15H2,(H,25,26)/t19-,20+,21+/m1/s1. The second kappa shape index (κ2) is 8.66. The molecule has 0 radical (unpaired) electrons. The molecule has 1 heterocycles. The molecule has 2 fully saturated rings. The third kappa shape index (κ3) is 4.95. The molecule has 0 aromatic heterocycles. The van der Waals surface area contributed by atoms with Gasteiger partial charge in [0, 0.05) is 19.0 Å². The van der Waals surface area contributed by atoms with Crippen molar-refractivity contribution in [1.29, 1.82) is 0 Å². The number of ether oxygens (including phenoxy) is 2. The van der Waals surface area contributed by atoms with Crippen LogP contribution in [0, 0.1) is 5.92 Å². The third-order valence-electron chi connectivity index (χ3n) is 5.52. The zero-order valence-electron chi connectivity index (χ0n) is 16.2. The number of benzene rings is 2. The van der Waals surface area contributed by atoms with Crippen molar-refractivity contribution in [3.63, 3.8) is 0 Å². The highest BCUT2D eigenvalue weighted by Crippen LogP contribution is 2.48. The van der Waals surface area contributed by atoms with E-state index in [0.29, 0.717) is 26.3 Å². The lowest BCUT2D eigenvalue weighted by Crippen LogP contribution is -2.47. The maximum absolute atomic E-state index is 12.8. The number of morpholine rings is 1. The molecule has 2 aromatic rings. The summed E-state index contributed by atoms with van der Waals surface area (Å²) in [5.41, 5.74) is 2.27. The van der Waals surface area contributed by atoms with E-state index >= 15 is 0 Å². The van der Waals surface area contributed by atoms with Crippen molar-refractivity contribution in [2.45, 2.75) is 31.5 Å². The minimum absolute atomic E-state index is 0.0188. The number of rotatable bonds is 7. The number of carbonyl (C=O) groups is 2. The lowest BCUT2D eigenvalue weighted by molar-refractivity contribution is -0.148. The molecule has 1 N–H and O–H groups in total. The van der Waals surface area contributed by atoms with Crippen molar-refractivity contribution < 1.29 is 24.2 Å². The Hall–Kier alpha value is -2.86. The summed E-state index contributed by atoms with van der Waals surface area (Å²) in [6.07, 6.45) is 0.357. The number of carboxylic acids is 1. The van der Waals surface area contributed by atoms with Crippen LogP contribution in [0.3, 0.4) is 0 Å². The number of nitrogens with zero attached hydrogens (tertiary/aromatic N) is 1. The van der Waals surface area contributed by atoms with Gasteiger partial charge >= 0.3 is 5.97 Å². The molecule has 2 aromatic carbocycles. The van der Waals surface area contributed by atoms with Crippen LogP contribution in [0.15, 0.2) is 54.6 Å². The number of aliphatic carboxylic acids is 1. The number of carboxylic acid groups (broad SMARTS) is 1. The summed E-state index contributed by atoms with van der Waals surface area (Å²) in [5.74, 6) is 0.230. The average molecular weight is 395 g/mol. The lowest BCUT2D eigenvalue weighted by Gasteiger charge is -2.32. The fourth-order valence-electron chi connectivity index (χ4n) is 3.86. The van der Waals surface area contributed by atoms with Crippen LogP contribution in [0.4, 0.5) is 0 Å². The van der Waals surface area contributed by atoms with Gasteiger partial charge in [-0.3, -0.25) is 9.59 Å². The molecule has 1 saturated heterocycles. The summed E-state index contributed by atoms with van der Waals surface area (Å²) in [7, 11) is 0. The van der Waals surface area contributed by atoms with E-state index in [9.17, 15) is 9.59 Å². The summed E-state index contributed by atoms with van der Waals surface area (Å²) >= 11 is 0. The molecule has 0 unspecified atom stereocenters. The molecule has 6 nitrogen and oxygen atoms in total. The van der Waals surface area contributed by atoms with Gasteiger partial charge in [-0.15, -0.1) is 0 Å². The zero-order valence-corrected chi connectivity index (χ0v) is 16.2. The second-order valence-electron chi connectivity index (χ2n) is 7.67. The van der Waals surface area contributed by atoms with E-state index < -0.39 is 12.1 Å². The third-order valence-corrected chi connectivity index (χ3v) is 5.52. The summed E-state index contributed by atoms with van der Waals surface area (Å²) in [6, 6.07) is 18.0. The molecule has 3 atom stereocenters. The van der Waals surface area contributed by atoms with E-state index in [1.807, 2.05) is 54.6 Å². The topological polar surface area (TPSA) is 76.1 Å². The molecule has 1 amide bonds. The first-order valence-electron chi connectivity index (χ1n) is 9.99. The van der Waals surface area contributed by atoms with Gasteiger partial charge in [0.1, 0.15) is 12.4 Å². The highest BCUT2D eigenvalue weighted by atomic mass is 16.5. The molecule has 4 rings (SSSR count). The number of amides is 1. The summed E-state index contributed by atoms with van der Waals surface area (Å²) in [6.45, 7) is 1.82. The molecule has 152 valence electrons. The van der Waals surface area contributed by atoms with Crippen molar-refractivity contribution in [2.75, 3.05) is 19.7 Å². The smallest absolute Gasteiger partial charge is 0.306 e. The quantitative estimate of drug-likeness (QED) is 0.780. The van der Waals surface area contributed by atoms with Crippen molar-refractivity contribution >= 4 is 11.9 Å². The Labute approximate surface area is 170 Å². The van der Waals surface area contributed by atoms with Crippen LogP contribution < -0.4 is 4.74 Å². The van der Waals surface area contributed by atoms with Gasteiger partial charge < -0.3 is 19.5 Å². The first kappa shape index (κ1) is 19.5. The predicted octanol–water partition coefficient (Wildman–Crippen LogP) is 3.07. The minimum Gasteiger partial charge on any atom is -0.489 e. The van der Waals surface area contributed by atoms with Crippen molar-refractivity contribution in [2.24, 2.45) is 5.92 Å². The second-order valence-corrected chi connectivity index (χ2v) is 7.67. The van der Waals surface area contributed by atoms with Crippen LogP contribution in [-0.4, -0.2) is 47.7 Å². The Morgan fingerprint density at radius 2 is 1.86 bits per heavy atom. The Morgan fingerprint density at radius 3 is 2.59 bits per heavy atom. The van der Waals surface area contributed by atoms with Crippen LogP contribution in [0.25, 0.3) is 0 Å². The Bertz CT molecular complexity index is 851. The number of hydrogen-bond acceptors (Lipinski definition) is 4. The summed E-state index contributed by atoms with van der Waals surface area (Å²) < 4.78 is 11.3. The monoisotopic (exact) mass is 395 g/mol. The van der Waals surface area contributed by atoms with Crippen molar-refractivity contribution in [3.05, 3.63) is 65.7 Å². The first-order valence-corrected chi connectivity index (χ1v) is 9.99. The highest BCUT2D eigenvalue weighted by Gasteiger charge is 2.46. The number of carbonyl (C=O) groups excluding carboxylic acids is 1. The van der Waals surface area contributed by atoms with Crippen LogP contribution in [0.2, 0.25) is 0 Å². The largest absolute Gasteiger partial charge is 0.489 e. The molecular weight excluding hydrogens is 370 g/mol. The molecule has 6 heteroatoms. The van der Waals surface area contributed by atoms with Gasteiger partial charge in [-0.25, -0.2) is 0 Å². The van der Waals surface area contributed by atoms with E-state index in [2.05, 4.69) is 0 Å². The molecule has 0 spiro atoms. The van der Waals surface area contributed by atoms with Crippen molar-refractivity contribution in [3.8, 4) is 5.75 Å². The summed E-state index contributed by atoms with van der Waals surface area (Å²) in [5, 5.41) is 8.93. The van der Waals surface area contributed by atoms with E-state index in [4.69, 9.17) is 14.6 Å². The van der Waals surface area contributed by atoms with Crippen molar-refractivity contribution in [1.82, 2.24) is 4.90 Å². The Morgan fingerprint density at radius 1 is 1.10 bits per heavy atom. The molecular formula is C23H25NO5. The number of hydrogen-bond donors (Lipinski definition) is 1.